The van der Waals surface area contributed by atoms with E-state index in [0.717, 1.165) is 5.69 Å². The van der Waals surface area contributed by atoms with Crippen molar-refractivity contribution in [3.8, 4) is 0 Å². The van der Waals surface area contributed by atoms with E-state index in [9.17, 15) is 9.59 Å². The van der Waals surface area contributed by atoms with E-state index in [1.807, 2.05) is 30.3 Å². The van der Waals surface area contributed by atoms with E-state index in [2.05, 4.69) is 5.32 Å². The zero-order valence-corrected chi connectivity index (χ0v) is 14.8. The molecule has 1 saturated heterocycles. The van der Waals surface area contributed by atoms with Crippen LogP contribution in [0.3, 0.4) is 0 Å². The lowest BCUT2D eigenvalue weighted by Crippen LogP contribution is -2.50. The fraction of sp³-hybridized carbons (Fsp3) is 0.222. The van der Waals surface area contributed by atoms with E-state index >= 15 is 0 Å². The van der Waals surface area contributed by atoms with Crippen molar-refractivity contribution in [1.29, 1.82) is 0 Å². The molecule has 0 saturated carbocycles. The van der Waals surface area contributed by atoms with Crippen LogP contribution in [-0.4, -0.2) is 37.6 Å². The van der Waals surface area contributed by atoms with Crippen LogP contribution in [-0.2, 0) is 9.53 Å². The number of halogens is 2. The van der Waals surface area contributed by atoms with Crippen LogP contribution >= 0.6 is 23.2 Å². The average molecular weight is 379 g/mol. The van der Waals surface area contributed by atoms with Crippen LogP contribution < -0.4 is 10.2 Å². The molecule has 3 rings (SSSR count). The number of anilines is 1. The van der Waals surface area contributed by atoms with Crippen molar-refractivity contribution in [2.24, 2.45) is 0 Å². The Balaban J connectivity index is 1.61. The molecule has 1 atom stereocenters. The Labute approximate surface area is 155 Å². The molecule has 1 aliphatic heterocycles. The van der Waals surface area contributed by atoms with E-state index in [4.69, 9.17) is 27.9 Å². The van der Waals surface area contributed by atoms with Gasteiger partial charge in [0.05, 0.1) is 23.2 Å². The summed E-state index contributed by atoms with van der Waals surface area (Å²) in [5, 5.41) is 3.54. The fourth-order valence-electron chi connectivity index (χ4n) is 2.58. The average Bonchev–Trinajstić information content (AvgIpc) is 2.61. The van der Waals surface area contributed by atoms with Crippen molar-refractivity contribution in [3.63, 3.8) is 0 Å². The first kappa shape index (κ1) is 17.7. The van der Waals surface area contributed by atoms with Crippen molar-refractivity contribution in [3.05, 3.63) is 64.1 Å². The Hall–Kier alpha value is -2.08. The van der Waals surface area contributed by atoms with Gasteiger partial charge in [0, 0.05) is 17.3 Å². The van der Waals surface area contributed by atoms with Gasteiger partial charge in [0.25, 0.3) is 11.8 Å². The second kappa shape index (κ2) is 7.87. The summed E-state index contributed by atoms with van der Waals surface area (Å²) in [7, 11) is 0. The number of rotatable bonds is 4. The molecule has 1 fully saturated rings. The third-order valence-electron chi connectivity index (χ3n) is 3.86. The number of nitrogens with zero attached hydrogens (tertiary/aromatic N) is 1. The van der Waals surface area contributed by atoms with Crippen molar-refractivity contribution in [2.45, 2.75) is 6.10 Å². The molecule has 2 amide bonds. The normalized spacial score (nSPS) is 17.4. The van der Waals surface area contributed by atoms with E-state index < -0.39 is 0 Å². The number of carbonyl (C=O) groups is 2. The number of hydrogen-bond acceptors (Lipinski definition) is 3. The molecule has 1 unspecified atom stereocenters. The SMILES string of the molecule is O=C(NCC1CN(c2ccccc2)C(=O)CO1)c1ccc(Cl)cc1Cl. The minimum absolute atomic E-state index is 0.0167. The van der Waals surface area contributed by atoms with Crippen molar-refractivity contribution in [2.75, 3.05) is 24.6 Å². The van der Waals surface area contributed by atoms with Gasteiger partial charge in [-0.05, 0) is 30.3 Å². The van der Waals surface area contributed by atoms with Gasteiger partial charge in [-0.3, -0.25) is 9.59 Å². The van der Waals surface area contributed by atoms with Crippen LogP contribution in [0.4, 0.5) is 5.69 Å². The summed E-state index contributed by atoms with van der Waals surface area (Å²) >= 11 is 11.9. The zero-order valence-electron chi connectivity index (χ0n) is 13.2. The molecular weight excluding hydrogens is 363 g/mol. The lowest BCUT2D eigenvalue weighted by molar-refractivity contribution is -0.129. The summed E-state index contributed by atoms with van der Waals surface area (Å²) in [4.78, 5) is 26.0. The maximum Gasteiger partial charge on any atom is 0.253 e. The van der Waals surface area contributed by atoms with Gasteiger partial charge in [0.15, 0.2) is 0 Å². The molecule has 2 aromatic carbocycles. The topological polar surface area (TPSA) is 58.6 Å². The summed E-state index contributed by atoms with van der Waals surface area (Å²) in [6.07, 6.45) is -0.298. The van der Waals surface area contributed by atoms with E-state index in [1.165, 1.54) is 6.07 Å². The second-order valence-electron chi connectivity index (χ2n) is 5.61. The number of ether oxygens (including phenoxy) is 1. The van der Waals surface area contributed by atoms with Crippen LogP contribution in [0.1, 0.15) is 10.4 Å². The predicted octanol–water partition coefficient (Wildman–Crippen LogP) is 3.16. The summed E-state index contributed by atoms with van der Waals surface area (Å²) in [5.41, 5.74) is 1.16. The molecule has 7 heteroatoms. The molecule has 1 aliphatic rings. The van der Waals surface area contributed by atoms with Crippen molar-refractivity contribution >= 4 is 40.7 Å². The Bertz CT molecular complexity index is 783. The van der Waals surface area contributed by atoms with Crippen molar-refractivity contribution < 1.29 is 14.3 Å². The highest BCUT2D eigenvalue weighted by Gasteiger charge is 2.27. The molecule has 1 heterocycles. The first-order chi connectivity index (χ1) is 12.0. The Morgan fingerprint density at radius 2 is 1.96 bits per heavy atom. The maximum atomic E-state index is 12.3. The predicted molar refractivity (Wildman–Crippen MR) is 97.3 cm³/mol. The van der Waals surface area contributed by atoms with Gasteiger partial charge < -0.3 is 15.0 Å². The van der Waals surface area contributed by atoms with Gasteiger partial charge in [-0.25, -0.2) is 0 Å². The molecule has 1 N–H and O–H groups in total. The molecule has 25 heavy (non-hydrogen) atoms. The quantitative estimate of drug-likeness (QED) is 0.888. The molecule has 0 spiro atoms. The standard InChI is InChI=1S/C18H16Cl2N2O3/c19-12-6-7-15(16(20)8-12)18(24)21-9-14-10-22(17(23)11-25-14)13-4-2-1-3-5-13/h1-8,14H,9-11H2,(H,21,24). The Kier molecular flexibility index (Phi) is 5.58. The Morgan fingerprint density at radius 3 is 2.68 bits per heavy atom. The minimum Gasteiger partial charge on any atom is -0.365 e. The first-order valence-electron chi connectivity index (χ1n) is 7.75. The monoisotopic (exact) mass is 378 g/mol. The van der Waals surface area contributed by atoms with Gasteiger partial charge in [-0.1, -0.05) is 41.4 Å². The maximum absolute atomic E-state index is 12.3. The number of amides is 2. The molecule has 5 nitrogen and oxygen atoms in total. The lowest BCUT2D eigenvalue weighted by atomic mass is 10.2. The molecule has 2 aromatic rings. The van der Waals surface area contributed by atoms with Gasteiger partial charge in [0.2, 0.25) is 0 Å². The van der Waals surface area contributed by atoms with E-state index in [0.29, 0.717) is 17.1 Å². The largest absolute Gasteiger partial charge is 0.365 e. The molecule has 0 radical (unpaired) electrons. The number of morpholine rings is 1. The third-order valence-corrected chi connectivity index (χ3v) is 4.41. The first-order valence-corrected chi connectivity index (χ1v) is 8.50. The van der Waals surface area contributed by atoms with Crippen LogP contribution in [0.25, 0.3) is 0 Å². The fourth-order valence-corrected chi connectivity index (χ4v) is 3.08. The smallest absolute Gasteiger partial charge is 0.253 e. The van der Waals surface area contributed by atoms with Crippen LogP contribution in [0.15, 0.2) is 48.5 Å². The highest BCUT2D eigenvalue weighted by molar-refractivity contribution is 6.36. The van der Waals surface area contributed by atoms with Crippen LogP contribution in [0.2, 0.25) is 10.0 Å². The number of carbonyl (C=O) groups excluding carboxylic acids is 2. The third kappa shape index (κ3) is 4.31. The highest BCUT2D eigenvalue weighted by atomic mass is 35.5. The van der Waals surface area contributed by atoms with Gasteiger partial charge in [-0.2, -0.15) is 0 Å². The summed E-state index contributed by atoms with van der Waals surface area (Å²) in [6, 6.07) is 14.1. The lowest BCUT2D eigenvalue weighted by Gasteiger charge is -2.32. The highest BCUT2D eigenvalue weighted by Crippen LogP contribution is 2.21. The van der Waals surface area contributed by atoms with Gasteiger partial charge >= 0.3 is 0 Å². The zero-order chi connectivity index (χ0) is 17.8. The van der Waals surface area contributed by atoms with E-state index in [-0.39, 0.29) is 36.1 Å². The number of nitrogens with one attached hydrogen (secondary N) is 1. The summed E-state index contributed by atoms with van der Waals surface area (Å²) in [6.45, 7) is 0.628. The molecular formula is C18H16Cl2N2O3. The van der Waals surface area contributed by atoms with E-state index in [1.54, 1.807) is 17.0 Å². The minimum atomic E-state index is -0.312. The van der Waals surface area contributed by atoms with Crippen LogP contribution in [0.5, 0.6) is 0 Å². The van der Waals surface area contributed by atoms with Crippen LogP contribution in [0, 0.1) is 0 Å². The van der Waals surface area contributed by atoms with Gasteiger partial charge in [-0.15, -0.1) is 0 Å². The molecule has 0 aromatic heterocycles. The summed E-state index contributed by atoms with van der Waals surface area (Å²) < 4.78 is 5.52. The summed E-state index contributed by atoms with van der Waals surface area (Å²) in [5.74, 6) is -0.414. The van der Waals surface area contributed by atoms with Crippen molar-refractivity contribution in [1.82, 2.24) is 5.32 Å². The second-order valence-corrected chi connectivity index (χ2v) is 6.45. The number of para-hydroxylation sites is 1. The molecule has 0 aliphatic carbocycles. The number of hydrogen-bond donors (Lipinski definition) is 1. The molecule has 0 bridgehead atoms. The Morgan fingerprint density at radius 1 is 1.20 bits per heavy atom. The van der Waals surface area contributed by atoms with Gasteiger partial charge in [0.1, 0.15) is 6.61 Å². The molecule has 130 valence electrons. The number of benzene rings is 2.